The van der Waals surface area contributed by atoms with E-state index in [0.29, 0.717) is 37.9 Å². The summed E-state index contributed by atoms with van der Waals surface area (Å²) in [6.45, 7) is 6.96. The second kappa shape index (κ2) is 5.65. The highest BCUT2D eigenvalue weighted by Gasteiger charge is 2.58. The van der Waals surface area contributed by atoms with Gasteiger partial charge in [-0.3, -0.25) is 9.48 Å². The molecule has 2 fully saturated rings. The van der Waals surface area contributed by atoms with Gasteiger partial charge in [0.25, 0.3) is 0 Å². The zero-order valence-corrected chi connectivity index (χ0v) is 15.1. The predicted molar refractivity (Wildman–Crippen MR) is 94.5 cm³/mol. The van der Waals surface area contributed by atoms with Crippen molar-refractivity contribution in [2.75, 3.05) is 36.4 Å². The summed E-state index contributed by atoms with van der Waals surface area (Å²) in [5.41, 5.74) is 0.550. The van der Waals surface area contributed by atoms with Gasteiger partial charge < -0.3 is 15.1 Å². The maximum absolute atomic E-state index is 14.5. The highest BCUT2D eigenvalue weighted by Crippen LogP contribution is 2.52. The van der Waals surface area contributed by atoms with Crippen LogP contribution in [-0.4, -0.2) is 57.2 Å². The standard InChI is InChI=1S/C17H22FN7O/c1-16-7-24(11-26)8-17(16,2)10-25(9-16)14-13(18)5-19-15(22-14)21-12-4-20-23(3)6-12/h4-6,11H,7-10H2,1-3H3,(H,19,21,22)/t16-,17+. The van der Waals surface area contributed by atoms with Gasteiger partial charge in [0.15, 0.2) is 11.6 Å². The minimum absolute atomic E-state index is 0.0950. The van der Waals surface area contributed by atoms with E-state index < -0.39 is 5.82 Å². The molecule has 4 heterocycles. The number of halogens is 1. The second-order valence-electron chi connectivity index (χ2n) is 7.88. The molecule has 2 saturated heterocycles. The average Bonchev–Trinajstić information content (AvgIpc) is 3.17. The van der Waals surface area contributed by atoms with E-state index in [1.54, 1.807) is 17.1 Å². The molecule has 0 aromatic carbocycles. The number of anilines is 3. The fraction of sp³-hybridized carbons (Fsp3) is 0.529. The van der Waals surface area contributed by atoms with Crippen LogP contribution in [0.4, 0.5) is 21.8 Å². The maximum Gasteiger partial charge on any atom is 0.229 e. The second-order valence-corrected chi connectivity index (χ2v) is 7.88. The molecular formula is C17H22FN7O. The summed E-state index contributed by atoms with van der Waals surface area (Å²) in [6, 6.07) is 0. The van der Waals surface area contributed by atoms with E-state index in [1.165, 1.54) is 6.20 Å². The van der Waals surface area contributed by atoms with Gasteiger partial charge in [0.05, 0.1) is 18.1 Å². The first-order valence-corrected chi connectivity index (χ1v) is 8.54. The van der Waals surface area contributed by atoms with Crippen molar-refractivity contribution in [2.24, 2.45) is 17.9 Å². The number of hydrogen-bond donors (Lipinski definition) is 1. The zero-order chi connectivity index (χ0) is 18.5. The molecule has 138 valence electrons. The number of aryl methyl sites for hydroxylation is 1. The quantitative estimate of drug-likeness (QED) is 0.832. The van der Waals surface area contributed by atoms with Crippen molar-refractivity contribution >= 4 is 23.9 Å². The molecule has 0 unspecified atom stereocenters. The summed E-state index contributed by atoms with van der Waals surface area (Å²) in [5, 5.41) is 7.13. The van der Waals surface area contributed by atoms with Gasteiger partial charge in [-0.05, 0) is 0 Å². The van der Waals surface area contributed by atoms with E-state index in [9.17, 15) is 9.18 Å². The number of aromatic nitrogens is 4. The molecule has 8 nitrogen and oxygen atoms in total. The van der Waals surface area contributed by atoms with Crippen molar-refractivity contribution in [3.05, 3.63) is 24.4 Å². The average molecular weight is 359 g/mol. The summed E-state index contributed by atoms with van der Waals surface area (Å²) < 4.78 is 16.1. The molecule has 1 N–H and O–H groups in total. The Morgan fingerprint density at radius 3 is 2.46 bits per heavy atom. The molecule has 2 aromatic rings. The first-order valence-electron chi connectivity index (χ1n) is 8.54. The molecule has 4 rings (SSSR count). The van der Waals surface area contributed by atoms with E-state index >= 15 is 0 Å². The van der Waals surface area contributed by atoms with Crippen LogP contribution in [0.3, 0.4) is 0 Å². The normalized spacial score (nSPS) is 27.7. The topological polar surface area (TPSA) is 79.2 Å². The minimum Gasteiger partial charge on any atom is -0.353 e. The number of hydrogen-bond acceptors (Lipinski definition) is 6. The van der Waals surface area contributed by atoms with Crippen LogP contribution < -0.4 is 10.2 Å². The van der Waals surface area contributed by atoms with Gasteiger partial charge in [-0.1, -0.05) is 13.8 Å². The smallest absolute Gasteiger partial charge is 0.229 e. The van der Waals surface area contributed by atoms with Crippen LogP contribution in [0.1, 0.15) is 13.8 Å². The molecule has 0 radical (unpaired) electrons. The molecule has 2 aromatic heterocycles. The van der Waals surface area contributed by atoms with Crippen molar-refractivity contribution in [3.8, 4) is 0 Å². The summed E-state index contributed by atoms with van der Waals surface area (Å²) in [4.78, 5) is 23.4. The Morgan fingerprint density at radius 1 is 1.19 bits per heavy atom. The fourth-order valence-electron chi connectivity index (χ4n) is 4.19. The Labute approximate surface area is 151 Å². The van der Waals surface area contributed by atoms with Crippen LogP contribution in [0.25, 0.3) is 0 Å². The molecule has 0 saturated carbocycles. The molecule has 2 atom stereocenters. The van der Waals surface area contributed by atoms with Crippen molar-refractivity contribution in [3.63, 3.8) is 0 Å². The van der Waals surface area contributed by atoms with Crippen LogP contribution in [0.15, 0.2) is 18.6 Å². The number of carbonyl (C=O) groups excluding carboxylic acids is 1. The number of fused-ring (bicyclic) bond motifs is 1. The van der Waals surface area contributed by atoms with Crippen LogP contribution in [0.2, 0.25) is 0 Å². The van der Waals surface area contributed by atoms with Gasteiger partial charge in [0.2, 0.25) is 12.4 Å². The Morgan fingerprint density at radius 2 is 1.88 bits per heavy atom. The number of carbonyl (C=O) groups is 1. The van der Waals surface area contributed by atoms with Gasteiger partial charge in [0, 0.05) is 50.3 Å². The Hall–Kier alpha value is -2.71. The van der Waals surface area contributed by atoms with Crippen LogP contribution in [-0.2, 0) is 11.8 Å². The van der Waals surface area contributed by atoms with Crippen molar-refractivity contribution in [1.29, 1.82) is 0 Å². The third-order valence-electron chi connectivity index (χ3n) is 5.78. The number of rotatable bonds is 4. The SMILES string of the molecule is Cn1cc(Nc2ncc(F)c(N3C[C@]4(C)CN(C=O)C[C@]4(C)C3)n2)cn1. The summed E-state index contributed by atoms with van der Waals surface area (Å²) in [7, 11) is 1.81. The van der Waals surface area contributed by atoms with Crippen molar-refractivity contribution in [1.82, 2.24) is 24.6 Å². The molecule has 0 bridgehead atoms. The fourth-order valence-corrected chi connectivity index (χ4v) is 4.19. The van der Waals surface area contributed by atoms with Crippen molar-refractivity contribution in [2.45, 2.75) is 13.8 Å². The van der Waals surface area contributed by atoms with Gasteiger partial charge in [-0.15, -0.1) is 0 Å². The van der Waals surface area contributed by atoms with Gasteiger partial charge in [0.1, 0.15) is 0 Å². The van der Waals surface area contributed by atoms with E-state index in [4.69, 9.17) is 0 Å². The molecule has 2 aliphatic rings. The molecule has 26 heavy (non-hydrogen) atoms. The van der Waals surface area contributed by atoms with E-state index in [0.717, 1.165) is 12.1 Å². The number of amides is 1. The predicted octanol–water partition coefficient (Wildman–Crippen LogP) is 1.40. The third-order valence-corrected chi connectivity index (χ3v) is 5.78. The Bertz CT molecular complexity index is 835. The van der Waals surface area contributed by atoms with E-state index in [-0.39, 0.29) is 10.8 Å². The van der Waals surface area contributed by atoms with E-state index in [2.05, 4.69) is 34.2 Å². The minimum atomic E-state index is -0.443. The van der Waals surface area contributed by atoms with Gasteiger partial charge >= 0.3 is 0 Å². The Kier molecular flexibility index (Phi) is 3.64. The summed E-state index contributed by atoms with van der Waals surface area (Å²) in [5.74, 6) is 0.179. The molecule has 0 aliphatic carbocycles. The summed E-state index contributed by atoms with van der Waals surface area (Å²) >= 11 is 0. The van der Waals surface area contributed by atoms with E-state index in [1.807, 2.05) is 16.8 Å². The maximum atomic E-state index is 14.5. The lowest BCUT2D eigenvalue weighted by Crippen LogP contribution is -2.34. The Balaban J connectivity index is 1.59. The van der Waals surface area contributed by atoms with Gasteiger partial charge in [-0.25, -0.2) is 9.37 Å². The lowest BCUT2D eigenvalue weighted by Gasteiger charge is -2.29. The zero-order valence-electron chi connectivity index (χ0n) is 15.1. The first kappa shape index (κ1) is 16.7. The number of likely N-dealkylation sites (tertiary alicyclic amines) is 1. The lowest BCUT2D eigenvalue weighted by atomic mass is 9.71. The summed E-state index contributed by atoms with van der Waals surface area (Å²) in [6.07, 6.45) is 5.54. The highest BCUT2D eigenvalue weighted by molar-refractivity contribution is 5.55. The highest BCUT2D eigenvalue weighted by atomic mass is 19.1. The molecular weight excluding hydrogens is 337 g/mol. The number of nitrogens with one attached hydrogen (secondary N) is 1. The molecule has 1 amide bonds. The first-order chi connectivity index (χ1) is 12.3. The molecule has 2 aliphatic heterocycles. The number of nitrogens with zero attached hydrogens (tertiary/aromatic N) is 6. The van der Waals surface area contributed by atoms with Crippen LogP contribution in [0, 0.1) is 16.6 Å². The van der Waals surface area contributed by atoms with Crippen LogP contribution in [0.5, 0.6) is 0 Å². The monoisotopic (exact) mass is 359 g/mol. The third kappa shape index (κ3) is 2.58. The molecule has 9 heteroatoms. The largest absolute Gasteiger partial charge is 0.353 e. The van der Waals surface area contributed by atoms with Crippen LogP contribution >= 0.6 is 0 Å². The molecule has 0 spiro atoms. The van der Waals surface area contributed by atoms with Crippen molar-refractivity contribution < 1.29 is 9.18 Å². The van der Waals surface area contributed by atoms with Gasteiger partial charge in [-0.2, -0.15) is 10.1 Å². The lowest BCUT2D eigenvalue weighted by molar-refractivity contribution is -0.117.